The number of aryl methyl sites for hydroxylation is 3. The molecular formula is C18H33N3. The molecule has 0 saturated heterocycles. The number of hydrogen-bond donors (Lipinski definition) is 1. The molecule has 0 aliphatic rings. The summed E-state index contributed by atoms with van der Waals surface area (Å²) in [4.78, 5) is 9.40. The van der Waals surface area contributed by atoms with Crippen LogP contribution in [0.3, 0.4) is 0 Å². The molecule has 1 aromatic rings. The summed E-state index contributed by atoms with van der Waals surface area (Å²) in [6, 6.07) is 0. The van der Waals surface area contributed by atoms with Crippen molar-refractivity contribution in [1.29, 1.82) is 0 Å². The Hall–Kier alpha value is -0.960. The summed E-state index contributed by atoms with van der Waals surface area (Å²) in [5.41, 5.74) is 3.68. The Balaban J connectivity index is 2.62. The highest BCUT2D eigenvalue weighted by atomic mass is 14.9. The highest BCUT2D eigenvalue weighted by molar-refractivity contribution is 5.25. The normalized spacial score (nSPS) is 12.9. The zero-order valence-electron chi connectivity index (χ0n) is 14.8. The maximum atomic E-state index is 4.70. The summed E-state index contributed by atoms with van der Waals surface area (Å²) in [6.45, 7) is 15.4. The molecule has 3 heteroatoms. The van der Waals surface area contributed by atoms with Gasteiger partial charge in [-0.1, -0.05) is 34.1 Å². The van der Waals surface area contributed by atoms with Crippen molar-refractivity contribution in [2.24, 2.45) is 11.8 Å². The molecule has 120 valence electrons. The van der Waals surface area contributed by atoms with Crippen molar-refractivity contribution in [3.63, 3.8) is 0 Å². The summed E-state index contributed by atoms with van der Waals surface area (Å²) < 4.78 is 0. The molecule has 21 heavy (non-hydrogen) atoms. The van der Waals surface area contributed by atoms with E-state index in [0.717, 1.165) is 31.8 Å². The molecule has 1 N–H and O–H groups in total. The van der Waals surface area contributed by atoms with E-state index in [1.807, 2.05) is 0 Å². The van der Waals surface area contributed by atoms with Gasteiger partial charge in [-0.2, -0.15) is 0 Å². The fourth-order valence-electron chi connectivity index (χ4n) is 2.59. The Morgan fingerprint density at radius 1 is 1.00 bits per heavy atom. The Morgan fingerprint density at radius 2 is 1.62 bits per heavy atom. The first-order valence-corrected chi connectivity index (χ1v) is 8.47. The third-order valence-electron chi connectivity index (χ3n) is 3.82. The second-order valence-corrected chi connectivity index (χ2v) is 6.75. The topological polar surface area (TPSA) is 37.8 Å². The molecule has 1 heterocycles. The van der Waals surface area contributed by atoms with E-state index in [2.05, 4.69) is 46.9 Å². The van der Waals surface area contributed by atoms with E-state index >= 15 is 0 Å². The SMILES string of the molecule is CCCCc1nc(C)c(CC(C)CNCC(C)C)c(C)n1. The number of nitrogens with one attached hydrogen (secondary N) is 1. The number of unbranched alkanes of at least 4 members (excludes halogenated alkanes) is 1. The summed E-state index contributed by atoms with van der Waals surface area (Å²) in [7, 11) is 0. The molecule has 0 bridgehead atoms. The van der Waals surface area contributed by atoms with Crippen LogP contribution < -0.4 is 5.32 Å². The van der Waals surface area contributed by atoms with E-state index in [1.165, 1.54) is 29.8 Å². The van der Waals surface area contributed by atoms with Crippen molar-refractivity contribution < 1.29 is 0 Å². The minimum absolute atomic E-state index is 0.617. The van der Waals surface area contributed by atoms with Gasteiger partial charge in [0, 0.05) is 17.8 Å². The molecule has 0 spiro atoms. The van der Waals surface area contributed by atoms with Crippen LogP contribution in [0.25, 0.3) is 0 Å². The van der Waals surface area contributed by atoms with Crippen molar-refractivity contribution in [1.82, 2.24) is 15.3 Å². The summed E-state index contributed by atoms with van der Waals surface area (Å²) in [6.07, 6.45) is 4.44. The Kier molecular flexibility index (Phi) is 7.87. The first-order valence-electron chi connectivity index (χ1n) is 8.47. The van der Waals surface area contributed by atoms with E-state index in [1.54, 1.807) is 0 Å². The van der Waals surface area contributed by atoms with E-state index in [4.69, 9.17) is 9.97 Å². The third kappa shape index (κ3) is 6.56. The lowest BCUT2D eigenvalue weighted by molar-refractivity contribution is 0.471. The van der Waals surface area contributed by atoms with Gasteiger partial charge in [0.15, 0.2) is 0 Å². The van der Waals surface area contributed by atoms with Gasteiger partial charge in [0.2, 0.25) is 0 Å². The van der Waals surface area contributed by atoms with Gasteiger partial charge in [-0.05, 0) is 57.2 Å². The highest BCUT2D eigenvalue weighted by Gasteiger charge is 2.12. The first-order chi connectivity index (χ1) is 9.93. The fraction of sp³-hybridized carbons (Fsp3) is 0.778. The zero-order valence-corrected chi connectivity index (χ0v) is 14.8. The van der Waals surface area contributed by atoms with Crippen molar-refractivity contribution in [2.45, 2.75) is 67.2 Å². The van der Waals surface area contributed by atoms with Crippen LogP contribution in [0.4, 0.5) is 0 Å². The van der Waals surface area contributed by atoms with Crippen LogP contribution in [-0.4, -0.2) is 23.1 Å². The molecule has 0 aliphatic carbocycles. The van der Waals surface area contributed by atoms with Crippen molar-refractivity contribution in [2.75, 3.05) is 13.1 Å². The van der Waals surface area contributed by atoms with Gasteiger partial charge in [-0.25, -0.2) is 9.97 Å². The maximum Gasteiger partial charge on any atom is 0.128 e. The summed E-state index contributed by atoms with van der Waals surface area (Å²) in [5, 5.41) is 3.54. The average Bonchev–Trinajstić information content (AvgIpc) is 2.40. The van der Waals surface area contributed by atoms with E-state index in [-0.39, 0.29) is 0 Å². The van der Waals surface area contributed by atoms with Crippen LogP contribution >= 0.6 is 0 Å². The minimum atomic E-state index is 0.617. The molecule has 1 rings (SSSR count). The van der Waals surface area contributed by atoms with Crippen LogP contribution in [0.1, 0.15) is 63.3 Å². The number of hydrogen-bond acceptors (Lipinski definition) is 3. The van der Waals surface area contributed by atoms with Crippen LogP contribution in [0, 0.1) is 25.7 Å². The number of nitrogens with zero attached hydrogens (tertiary/aromatic N) is 2. The van der Waals surface area contributed by atoms with Crippen molar-refractivity contribution >= 4 is 0 Å². The van der Waals surface area contributed by atoms with Crippen LogP contribution in [0.15, 0.2) is 0 Å². The molecule has 0 aliphatic heterocycles. The van der Waals surface area contributed by atoms with E-state index in [0.29, 0.717) is 11.8 Å². The van der Waals surface area contributed by atoms with Gasteiger partial charge in [0.25, 0.3) is 0 Å². The molecule has 0 saturated carbocycles. The van der Waals surface area contributed by atoms with Gasteiger partial charge >= 0.3 is 0 Å². The van der Waals surface area contributed by atoms with Crippen LogP contribution in [0.2, 0.25) is 0 Å². The number of rotatable bonds is 9. The summed E-state index contributed by atoms with van der Waals surface area (Å²) >= 11 is 0. The van der Waals surface area contributed by atoms with Crippen molar-refractivity contribution in [3.05, 3.63) is 22.8 Å². The smallest absolute Gasteiger partial charge is 0.128 e. The molecule has 0 fully saturated rings. The predicted octanol–water partition coefficient (Wildman–Crippen LogP) is 3.86. The van der Waals surface area contributed by atoms with Gasteiger partial charge < -0.3 is 5.32 Å². The maximum absolute atomic E-state index is 4.70. The second kappa shape index (κ2) is 9.14. The summed E-state index contributed by atoms with van der Waals surface area (Å²) in [5.74, 6) is 2.34. The molecule has 1 unspecified atom stereocenters. The molecular weight excluding hydrogens is 258 g/mol. The lowest BCUT2D eigenvalue weighted by atomic mass is 9.98. The van der Waals surface area contributed by atoms with Gasteiger partial charge in [-0.3, -0.25) is 0 Å². The quantitative estimate of drug-likeness (QED) is 0.750. The number of aromatic nitrogens is 2. The Morgan fingerprint density at radius 3 is 2.14 bits per heavy atom. The molecule has 0 aromatic carbocycles. The van der Waals surface area contributed by atoms with Gasteiger partial charge in [0.1, 0.15) is 5.82 Å². The second-order valence-electron chi connectivity index (χ2n) is 6.75. The minimum Gasteiger partial charge on any atom is -0.316 e. The monoisotopic (exact) mass is 291 g/mol. The standard InChI is InChI=1S/C18H33N3/c1-7-8-9-18-20-15(5)17(16(6)21-18)10-14(4)12-19-11-13(2)3/h13-14,19H,7-12H2,1-6H3. The van der Waals surface area contributed by atoms with Crippen molar-refractivity contribution in [3.8, 4) is 0 Å². The first kappa shape index (κ1) is 18.1. The Labute approximate surface area is 131 Å². The lowest BCUT2D eigenvalue weighted by Crippen LogP contribution is -2.26. The van der Waals surface area contributed by atoms with Crippen LogP contribution in [0.5, 0.6) is 0 Å². The average molecular weight is 291 g/mol. The molecule has 1 atom stereocenters. The fourth-order valence-corrected chi connectivity index (χ4v) is 2.59. The van der Waals surface area contributed by atoms with E-state index in [9.17, 15) is 0 Å². The third-order valence-corrected chi connectivity index (χ3v) is 3.82. The van der Waals surface area contributed by atoms with Crippen LogP contribution in [-0.2, 0) is 12.8 Å². The molecule has 1 aromatic heterocycles. The molecule has 3 nitrogen and oxygen atoms in total. The van der Waals surface area contributed by atoms with Gasteiger partial charge in [0.05, 0.1) is 0 Å². The lowest BCUT2D eigenvalue weighted by Gasteiger charge is -2.17. The highest BCUT2D eigenvalue weighted by Crippen LogP contribution is 2.16. The Bertz CT molecular complexity index is 403. The van der Waals surface area contributed by atoms with E-state index < -0.39 is 0 Å². The van der Waals surface area contributed by atoms with Gasteiger partial charge in [-0.15, -0.1) is 0 Å². The zero-order chi connectivity index (χ0) is 15.8. The molecule has 0 amide bonds. The largest absolute Gasteiger partial charge is 0.316 e. The molecule has 0 radical (unpaired) electrons. The predicted molar refractivity (Wildman–Crippen MR) is 90.7 cm³/mol.